The van der Waals surface area contributed by atoms with E-state index in [0.29, 0.717) is 28.6 Å². The summed E-state index contributed by atoms with van der Waals surface area (Å²) in [7, 11) is 1.38. The van der Waals surface area contributed by atoms with Gasteiger partial charge in [0.05, 0.1) is 24.0 Å². The van der Waals surface area contributed by atoms with Gasteiger partial charge < -0.3 is 15.8 Å². The van der Waals surface area contributed by atoms with Gasteiger partial charge in [0.1, 0.15) is 0 Å². The first-order valence-corrected chi connectivity index (χ1v) is 7.97. The van der Waals surface area contributed by atoms with Crippen LogP contribution in [0.1, 0.15) is 56.0 Å². The van der Waals surface area contributed by atoms with E-state index in [1.54, 1.807) is 6.07 Å². The maximum absolute atomic E-state index is 11.7. The number of benzene rings is 1. The van der Waals surface area contributed by atoms with Crippen LogP contribution in [0.4, 0.5) is 11.4 Å². The van der Waals surface area contributed by atoms with E-state index >= 15 is 0 Å². The molecule has 1 aromatic rings. The molecule has 0 radical (unpaired) electrons. The Morgan fingerprint density at radius 2 is 2.05 bits per heavy atom. The van der Waals surface area contributed by atoms with Crippen molar-refractivity contribution in [3.63, 3.8) is 0 Å². The summed E-state index contributed by atoms with van der Waals surface area (Å²) in [6, 6.07) is 4.08. The maximum Gasteiger partial charge on any atom is 0.338 e. The fourth-order valence-corrected chi connectivity index (χ4v) is 3.86. The van der Waals surface area contributed by atoms with Gasteiger partial charge in [0, 0.05) is 6.04 Å². The zero-order chi connectivity index (χ0) is 16.5. The van der Waals surface area contributed by atoms with Gasteiger partial charge in [-0.05, 0) is 55.2 Å². The van der Waals surface area contributed by atoms with Crippen LogP contribution in [-0.4, -0.2) is 19.1 Å². The lowest BCUT2D eigenvalue weighted by Gasteiger charge is -2.39. The minimum atomic E-state index is -0.344. The van der Waals surface area contributed by atoms with Crippen molar-refractivity contribution in [2.24, 2.45) is 11.3 Å². The number of carbonyl (C=O) groups excluding carboxylic acids is 1. The SMILES string of the molecule is COC(=O)c1cc(N)c(N[C@H]2C[C@H](C)CC(C)(C)C2)cc1C. The molecule has 122 valence electrons. The molecule has 1 aliphatic rings. The maximum atomic E-state index is 11.7. The second-order valence-electron chi connectivity index (χ2n) is 7.50. The van der Waals surface area contributed by atoms with Crippen LogP contribution in [0.25, 0.3) is 0 Å². The number of methoxy groups -OCH3 is 1. The van der Waals surface area contributed by atoms with E-state index < -0.39 is 0 Å². The zero-order valence-electron chi connectivity index (χ0n) is 14.3. The highest BCUT2D eigenvalue weighted by atomic mass is 16.5. The monoisotopic (exact) mass is 304 g/mol. The third-order valence-corrected chi connectivity index (χ3v) is 4.55. The summed E-state index contributed by atoms with van der Waals surface area (Å²) in [5, 5.41) is 3.58. The molecule has 22 heavy (non-hydrogen) atoms. The number of rotatable bonds is 3. The molecule has 0 heterocycles. The summed E-state index contributed by atoms with van der Waals surface area (Å²) in [5.74, 6) is 0.362. The predicted octanol–water partition coefficient (Wildman–Crippen LogP) is 3.99. The van der Waals surface area contributed by atoms with Gasteiger partial charge in [0.15, 0.2) is 0 Å². The van der Waals surface area contributed by atoms with Crippen molar-refractivity contribution in [3.05, 3.63) is 23.3 Å². The average Bonchev–Trinajstić information content (AvgIpc) is 2.39. The van der Waals surface area contributed by atoms with E-state index in [4.69, 9.17) is 10.5 Å². The standard InChI is InChI=1S/C18H28N2O2/c1-11-6-13(10-18(3,4)9-11)20-16-7-12(2)14(8-15(16)19)17(21)22-5/h7-8,11,13,20H,6,9-10,19H2,1-5H3/t11-,13-/m0/s1. The lowest BCUT2D eigenvalue weighted by atomic mass is 9.70. The molecular weight excluding hydrogens is 276 g/mol. The highest BCUT2D eigenvalue weighted by Gasteiger charge is 2.32. The van der Waals surface area contributed by atoms with Crippen LogP contribution >= 0.6 is 0 Å². The molecule has 1 fully saturated rings. The predicted molar refractivity (Wildman–Crippen MR) is 91.1 cm³/mol. The normalized spacial score (nSPS) is 23.9. The van der Waals surface area contributed by atoms with Crippen LogP contribution < -0.4 is 11.1 Å². The molecule has 0 spiro atoms. The summed E-state index contributed by atoms with van der Waals surface area (Å²) in [6.45, 7) is 8.87. The van der Waals surface area contributed by atoms with Gasteiger partial charge in [0.25, 0.3) is 0 Å². The Morgan fingerprint density at radius 1 is 1.36 bits per heavy atom. The number of esters is 1. The van der Waals surface area contributed by atoms with Crippen LogP contribution in [0.15, 0.2) is 12.1 Å². The number of nitrogen functional groups attached to an aromatic ring is 1. The van der Waals surface area contributed by atoms with Crippen LogP contribution in [0.2, 0.25) is 0 Å². The summed E-state index contributed by atoms with van der Waals surface area (Å²) in [4.78, 5) is 11.7. The second-order valence-corrected chi connectivity index (χ2v) is 7.50. The van der Waals surface area contributed by atoms with Crippen molar-refractivity contribution < 1.29 is 9.53 Å². The highest BCUT2D eigenvalue weighted by molar-refractivity contribution is 5.93. The molecule has 0 aromatic heterocycles. The smallest absolute Gasteiger partial charge is 0.338 e. The molecule has 0 bridgehead atoms. The molecule has 0 aliphatic heterocycles. The van der Waals surface area contributed by atoms with Gasteiger partial charge in [0.2, 0.25) is 0 Å². The molecule has 2 atom stereocenters. The van der Waals surface area contributed by atoms with E-state index in [9.17, 15) is 4.79 Å². The van der Waals surface area contributed by atoms with Crippen molar-refractivity contribution in [3.8, 4) is 0 Å². The Bertz CT molecular complexity index is 566. The first-order chi connectivity index (χ1) is 10.2. The number of hydrogen-bond donors (Lipinski definition) is 2. The average molecular weight is 304 g/mol. The number of nitrogens with two attached hydrogens (primary N) is 1. The summed E-state index contributed by atoms with van der Waals surface area (Å²) < 4.78 is 4.79. The van der Waals surface area contributed by atoms with E-state index in [1.165, 1.54) is 13.5 Å². The van der Waals surface area contributed by atoms with Crippen LogP contribution in [0.3, 0.4) is 0 Å². The first-order valence-electron chi connectivity index (χ1n) is 7.97. The molecule has 1 saturated carbocycles. The molecule has 1 aromatic carbocycles. The number of hydrogen-bond acceptors (Lipinski definition) is 4. The van der Waals surface area contributed by atoms with Crippen LogP contribution in [0, 0.1) is 18.3 Å². The van der Waals surface area contributed by atoms with E-state index in [-0.39, 0.29) is 5.97 Å². The Balaban J connectivity index is 2.20. The number of aryl methyl sites for hydroxylation is 1. The Labute approximate surface area is 133 Å². The van der Waals surface area contributed by atoms with Gasteiger partial charge in [-0.15, -0.1) is 0 Å². The summed E-state index contributed by atoms with van der Waals surface area (Å²) in [5.41, 5.74) is 9.41. The quantitative estimate of drug-likeness (QED) is 0.654. The minimum Gasteiger partial charge on any atom is -0.465 e. The third kappa shape index (κ3) is 3.73. The fourth-order valence-electron chi connectivity index (χ4n) is 3.86. The van der Waals surface area contributed by atoms with Gasteiger partial charge in [-0.1, -0.05) is 20.8 Å². The molecule has 1 aliphatic carbocycles. The van der Waals surface area contributed by atoms with Crippen molar-refractivity contribution >= 4 is 17.3 Å². The molecule has 0 saturated heterocycles. The van der Waals surface area contributed by atoms with Crippen molar-refractivity contribution in [2.75, 3.05) is 18.2 Å². The zero-order valence-corrected chi connectivity index (χ0v) is 14.3. The van der Waals surface area contributed by atoms with Crippen LogP contribution in [0.5, 0.6) is 0 Å². The van der Waals surface area contributed by atoms with E-state index in [2.05, 4.69) is 26.1 Å². The Morgan fingerprint density at radius 3 is 2.64 bits per heavy atom. The molecule has 0 amide bonds. The summed E-state index contributed by atoms with van der Waals surface area (Å²) in [6.07, 6.45) is 3.55. The summed E-state index contributed by atoms with van der Waals surface area (Å²) >= 11 is 0. The van der Waals surface area contributed by atoms with Gasteiger partial charge in [-0.3, -0.25) is 0 Å². The van der Waals surface area contributed by atoms with E-state index in [1.807, 2.05) is 13.0 Å². The molecule has 2 rings (SSSR count). The van der Waals surface area contributed by atoms with Gasteiger partial charge in [-0.25, -0.2) is 4.79 Å². The van der Waals surface area contributed by atoms with Crippen LogP contribution in [-0.2, 0) is 4.74 Å². The van der Waals surface area contributed by atoms with Gasteiger partial charge >= 0.3 is 5.97 Å². The van der Waals surface area contributed by atoms with Crippen molar-refractivity contribution in [1.82, 2.24) is 0 Å². The fraction of sp³-hybridized carbons (Fsp3) is 0.611. The molecule has 0 unspecified atom stereocenters. The Hall–Kier alpha value is -1.71. The molecule has 4 heteroatoms. The largest absolute Gasteiger partial charge is 0.465 e. The Kier molecular flexibility index (Phi) is 4.69. The van der Waals surface area contributed by atoms with E-state index in [0.717, 1.165) is 24.1 Å². The van der Waals surface area contributed by atoms with Crippen molar-refractivity contribution in [2.45, 2.75) is 53.0 Å². The molecule has 3 N–H and O–H groups in total. The molecular formula is C18H28N2O2. The third-order valence-electron chi connectivity index (χ3n) is 4.55. The number of ether oxygens (including phenoxy) is 1. The number of carbonyl (C=O) groups is 1. The lowest BCUT2D eigenvalue weighted by Crippen LogP contribution is -2.35. The first kappa shape index (κ1) is 16.7. The number of anilines is 2. The van der Waals surface area contributed by atoms with Gasteiger partial charge in [-0.2, -0.15) is 0 Å². The topological polar surface area (TPSA) is 64.3 Å². The number of nitrogens with one attached hydrogen (secondary N) is 1. The second kappa shape index (κ2) is 6.19. The highest BCUT2D eigenvalue weighted by Crippen LogP contribution is 2.40. The van der Waals surface area contributed by atoms with Crippen molar-refractivity contribution in [1.29, 1.82) is 0 Å². The lowest BCUT2D eigenvalue weighted by molar-refractivity contribution is 0.0600. The minimum absolute atomic E-state index is 0.344. The molecule has 4 nitrogen and oxygen atoms in total.